The molecular weight excluding hydrogens is 294 g/mol. The Morgan fingerprint density at radius 3 is 2.50 bits per heavy atom. The van der Waals surface area contributed by atoms with Crippen LogP contribution < -0.4 is 5.32 Å². The van der Waals surface area contributed by atoms with Crippen LogP contribution in [0.1, 0.15) is 19.4 Å². The molecule has 0 bridgehead atoms. The molecule has 0 aliphatic carbocycles. The summed E-state index contributed by atoms with van der Waals surface area (Å²) >= 11 is 3.39. The van der Waals surface area contributed by atoms with Gasteiger partial charge in [-0.15, -0.1) is 0 Å². The number of hydrogen-bond donors (Lipinski definition) is 2. The summed E-state index contributed by atoms with van der Waals surface area (Å²) in [5.41, 5.74) is 1.15. The van der Waals surface area contributed by atoms with E-state index in [0.717, 1.165) is 16.5 Å². The second-order valence-electron chi connectivity index (χ2n) is 4.76. The quantitative estimate of drug-likeness (QED) is 0.847. The fraction of sp³-hybridized carbons (Fsp3) is 0.500. The Hall–Kier alpha value is -0.870. The van der Waals surface area contributed by atoms with Gasteiger partial charge in [-0.25, -0.2) is 0 Å². The van der Waals surface area contributed by atoms with Gasteiger partial charge >= 0.3 is 0 Å². The molecule has 0 fully saturated rings. The third kappa shape index (κ3) is 5.19. The minimum Gasteiger partial charge on any atom is -0.396 e. The molecule has 1 rings (SSSR count). The van der Waals surface area contributed by atoms with Gasteiger partial charge in [0.1, 0.15) is 0 Å². The SMILES string of the molecule is C[C@H](CO)CNC(=O)[C@H](C)Cc1ccc(Br)cc1. The van der Waals surface area contributed by atoms with Crippen LogP contribution in [0.5, 0.6) is 0 Å². The fourth-order valence-corrected chi connectivity index (χ4v) is 1.84. The molecule has 2 atom stereocenters. The van der Waals surface area contributed by atoms with E-state index in [2.05, 4.69) is 21.2 Å². The highest BCUT2D eigenvalue weighted by Crippen LogP contribution is 2.14. The first-order valence-electron chi connectivity index (χ1n) is 6.16. The van der Waals surface area contributed by atoms with Crippen molar-refractivity contribution in [1.82, 2.24) is 5.32 Å². The summed E-state index contributed by atoms with van der Waals surface area (Å²) in [4.78, 5) is 11.8. The van der Waals surface area contributed by atoms with E-state index in [-0.39, 0.29) is 24.3 Å². The van der Waals surface area contributed by atoms with Crippen LogP contribution in [0.4, 0.5) is 0 Å². The van der Waals surface area contributed by atoms with Crippen molar-refractivity contribution >= 4 is 21.8 Å². The van der Waals surface area contributed by atoms with E-state index in [1.807, 2.05) is 38.1 Å². The third-order valence-electron chi connectivity index (χ3n) is 2.84. The van der Waals surface area contributed by atoms with Gasteiger partial charge in [0.2, 0.25) is 5.91 Å². The zero-order valence-corrected chi connectivity index (χ0v) is 12.4. The van der Waals surface area contributed by atoms with Crippen molar-refractivity contribution in [2.24, 2.45) is 11.8 Å². The van der Waals surface area contributed by atoms with Crippen LogP contribution in [0.2, 0.25) is 0 Å². The Morgan fingerprint density at radius 2 is 1.94 bits per heavy atom. The number of carbonyl (C=O) groups is 1. The highest BCUT2D eigenvalue weighted by atomic mass is 79.9. The standard InChI is InChI=1S/C14H20BrNO2/c1-10(9-17)8-16-14(18)11(2)7-12-3-5-13(15)6-4-12/h3-6,10-11,17H,7-9H2,1-2H3,(H,16,18)/t10-,11+/m0/s1. The first-order chi connectivity index (χ1) is 8.52. The lowest BCUT2D eigenvalue weighted by atomic mass is 10.0. The molecule has 1 aromatic rings. The maximum Gasteiger partial charge on any atom is 0.223 e. The fourth-order valence-electron chi connectivity index (χ4n) is 1.58. The second kappa shape index (κ2) is 7.54. The van der Waals surface area contributed by atoms with Crippen LogP contribution in [0, 0.1) is 11.8 Å². The molecule has 1 aromatic carbocycles. The summed E-state index contributed by atoms with van der Waals surface area (Å²) in [6.07, 6.45) is 0.729. The van der Waals surface area contributed by atoms with Crippen molar-refractivity contribution in [2.45, 2.75) is 20.3 Å². The molecule has 1 amide bonds. The van der Waals surface area contributed by atoms with Crippen molar-refractivity contribution in [2.75, 3.05) is 13.2 Å². The predicted octanol–water partition coefficient (Wildman–Crippen LogP) is 2.37. The third-order valence-corrected chi connectivity index (χ3v) is 3.37. The predicted molar refractivity (Wildman–Crippen MR) is 76.3 cm³/mol. The van der Waals surface area contributed by atoms with Crippen molar-refractivity contribution in [1.29, 1.82) is 0 Å². The number of aliphatic hydroxyl groups is 1. The maximum atomic E-state index is 11.8. The molecule has 0 aliphatic rings. The van der Waals surface area contributed by atoms with E-state index < -0.39 is 0 Å². The summed E-state index contributed by atoms with van der Waals surface area (Å²) in [6, 6.07) is 8.00. The summed E-state index contributed by atoms with van der Waals surface area (Å²) in [6.45, 7) is 4.45. The van der Waals surface area contributed by atoms with Crippen LogP contribution >= 0.6 is 15.9 Å². The topological polar surface area (TPSA) is 49.3 Å². The van der Waals surface area contributed by atoms with Gasteiger partial charge in [0.25, 0.3) is 0 Å². The van der Waals surface area contributed by atoms with Crippen LogP contribution in [-0.2, 0) is 11.2 Å². The van der Waals surface area contributed by atoms with Crippen molar-refractivity contribution < 1.29 is 9.90 Å². The number of nitrogens with one attached hydrogen (secondary N) is 1. The molecule has 2 N–H and O–H groups in total. The number of hydrogen-bond acceptors (Lipinski definition) is 2. The molecule has 18 heavy (non-hydrogen) atoms. The van der Waals surface area contributed by atoms with Crippen LogP contribution in [-0.4, -0.2) is 24.2 Å². The number of rotatable bonds is 6. The Labute approximate surface area is 117 Å². The number of carbonyl (C=O) groups excluding carboxylic acids is 1. The van der Waals surface area contributed by atoms with Crippen LogP contribution in [0.3, 0.4) is 0 Å². The van der Waals surface area contributed by atoms with Gasteiger partial charge in [-0.05, 0) is 30.0 Å². The van der Waals surface area contributed by atoms with Gasteiger partial charge < -0.3 is 10.4 Å². The molecule has 0 spiro atoms. The molecule has 0 unspecified atom stereocenters. The number of halogens is 1. The lowest BCUT2D eigenvalue weighted by Crippen LogP contribution is -2.34. The van der Waals surface area contributed by atoms with E-state index in [9.17, 15) is 4.79 Å². The minimum absolute atomic E-state index is 0.0400. The normalized spacial score (nSPS) is 14.0. The average Bonchev–Trinajstić information content (AvgIpc) is 2.38. The van der Waals surface area contributed by atoms with Gasteiger partial charge in [0.05, 0.1) is 0 Å². The van der Waals surface area contributed by atoms with Crippen molar-refractivity contribution in [3.63, 3.8) is 0 Å². The molecule has 0 saturated heterocycles. The molecule has 3 nitrogen and oxygen atoms in total. The molecular formula is C14H20BrNO2. The summed E-state index contributed by atoms with van der Waals surface area (Å²) in [5.74, 6) is 0.0871. The summed E-state index contributed by atoms with van der Waals surface area (Å²) in [5, 5.41) is 11.7. The van der Waals surface area contributed by atoms with Crippen molar-refractivity contribution in [3.8, 4) is 0 Å². The molecule has 0 saturated carbocycles. The average molecular weight is 314 g/mol. The van der Waals surface area contributed by atoms with E-state index in [1.165, 1.54) is 0 Å². The van der Waals surface area contributed by atoms with E-state index >= 15 is 0 Å². The highest BCUT2D eigenvalue weighted by molar-refractivity contribution is 9.10. The monoisotopic (exact) mass is 313 g/mol. The highest BCUT2D eigenvalue weighted by Gasteiger charge is 2.14. The smallest absolute Gasteiger partial charge is 0.223 e. The van der Waals surface area contributed by atoms with Gasteiger partial charge in [-0.2, -0.15) is 0 Å². The Morgan fingerprint density at radius 1 is 1.33 bits per heavy atom. The molecule has 4 heteroatoms. The largest absolute Gasteiger partial charge is 0.396 e. The molecule has 0 radical (unpaired) electrons. The van der Waals surface area contributed by atoms with E-state index in [0.29, 0.717) is 6.54 Å². The second-order valence-corrected chi connectivity index (χ2v) is 5.68. The van der Waals surface area contributed by atoms with Gasteiger partial charge in [0, 0.05) is 23.5 Å². The van der Waals surface area contributed by atoms with Crippen LogP contribution in [0.15, 0.2) is 28.7 Å². The molecule has 100 valence electrons. The molecule has 0 heterocycles. The lowest BCUT2D eigenvalue weighted by molar-refractivity contribution is -0.124. The van der Waals surface area contributed by atoms with Gasteiger partial charge in [-0.3, -0.25) is 4.79 Å². The summed E-state index contributed by atoms with van der Waals surface area (Å²) in [7, 11) is 0. The molecule has 0 aliphatic heterocycles. The minimum atomic E-state index is -0.0583. The lowest BCUT2D eigenvalue weighted by Gasteiger charge is -2.14. The summed E-state index contributed by atoms with van der Waals surface area (Å²) < 4.78 is 1.04. The first-order valence-corrected chi connectivity index (χ1v) is 6.95. The maximum absolute atomic E-state index is 11.8. The van der Waals surface area contributed by atoms with Crippen molar-refractivity contribution in [3.05, 3.63) is 34.3 Å². The zero-order valence-electron chi connectivity index (χ0n) is 10.8. The van der Waals surface area contributed by atoms with Gasteiger partial charge in [0.15, 0.2) is 0 Å². The number of aliphatic hydroxyl groups excluding tert-OH is 1. The molecule has 0 aromatic heterocycles. The number of amides is 1. The van der Waals surface area contributed by atoms with E-state index in [1.54, 1.807) is 0 Å². The zero-order chi connectivity index (χ0) is 13.5. The number of benzene rings is 1. The Kier molecular flexibility index (Phi) is 6.36. The van der Waals surface area contributed by atoms with E-state index in [4.69, 9.17) is 5.11 Å². The Bertz CT molecular complexity index is 378. The Balaban J connectivity index is 2.42. The van der Waals surface area contributed by atoms with Crippen LogP contribution in [0.25, 0.3) is 0 Å². The first kappa shape index (κ1) is 15.2. The van der Waals surface area contributed by atoms with Gasteiger partial charge in [-0.1, -0.05) is 41.9 Å².